The lowest BCUT2D eigenvalue weighted by Gasteiger charge is -2.33. The molecule has 0 radical (unpaired) electrons. The normalized spacial score (nSPS) is 16.8. The fraction of sp³-hybridized carbons (Fsp3) is 0.619. The van der Waals surface area contributed by atoms with E-state index in [-0.39, 0.29) is 11.9 Å². The van der Waals surface area contributed by atoms with E-state index in [1.54, 1.807) is 0 Å². The van der Waals surface area contributed by atoms with Crippen molar-refractivity contribution in [3.8, 4) is 0 Å². The van der Waals surface area contributed by atoms with E-state index in [0.29, 0.717) is 18.9 Å². The molecule has 1 unspecified atom stereocenters. The number of urea groups is 1. The number of carbonyl (C=O) groups is 2. The molecular weight excluding hydrogens is 340 g/mol. The van der Waals surface area contributed by atoms with E-state index in [2.05, 4.69) is 10.6 Å². The summed E-state index contributed by atoms with van der Waals surface area (Å²) in [5, 5.41) is 5.79. The minimum Gasteiger partial charge on any atom is -0.342 e. The number of anilines is 1. The van der Waals surface area contributed by atoms with Crippen LogP contribution in [0.4, 0.5) is 10.5 Å². The van der Waals surface area contributed by atoms with Crippen molar-refractivity contribution in [2.45, 2.75) is 51.9 Å². The number of nitrogens with zero attached hydrogens (tertiary/aromatic N) is 1. The molecule has 3 amide bonds. The zero-order valence-electron chi connectivity index (χ0n) is 16.5. The molecule has 0 aromatic heterocycles. The van der Waals surface area contributed by atoms with E-state index < -0.39 is 0 Å². The van der Waals surface area contributed by atoms with Gasteiger partial charge in [-0.2, -0.15) is 0 Å². The summed E-state index contributed by atoms with van der Waals surface area (Å²) in [6, 6.07) is 7.53. The summed E-state index contributed by atoms with van der Waals surface area (Å²) in [7, 11) is 0. The van der Waals surface area contributed by atoms with E-state index in [1.807, 2.05) is 36.1 Å². The number of aryl methyl sites for hydroxylation is 1. The van der Waals surface area contributed by atoms with Crippen LogP contribution in [-0.2, 0) is 4.79 Å². The number of benzene rings is 1. The first-order valence-corrected chi connectivity index (χ1v) is 10.2. The number of amides is 3. The Morgan fingerprint density at radius 3 is 2.63 bits per heavy atom. The molecule has 2 rings (SSSR count). The Labute approximate surface area is 162 Å². The lowest BCUT2D eigenvalue weighted by molar-refractivity contribution is -0.133. The maximum atomic E-state index is 12.4. The molecule has 1 heterocycles. The molecule has 150 valence electrons. The molecule has 0 saturated carbocycles. The van der Waals surface area contributed by atoms with Crippen LogP contribution in [0.5, 0.6) is 0 Å². The molecule has 1 atom stereocenters. The number of carbonyl (C=O) groups excluding carboxylic acids is 2. The van der Waals surface area contributed by atoms with Crippen LogP contribution in [-0.4, -0.2) is 43.0 Å². The van der Waals surface area contributed by atoms with Gasteiger partial charge in [0.05, 0.1) is 0 Å². The average Bonchev–Trinajstić information content (AvgIpc) is 2.68. The Morgan fingerprint density at radius 2 is 1.89 bits per heavy atom. The molecule has 6 nitrogen and oxygen atoms in total. The van der Waals surface area contributed by atoms with Gasteiger partial charge in [0, 0.05) is 31.7 Å². The zero-order chi connectivity index (χ0) is 19.5. The fourth-order valence-corrected chi connectivity index (χ4v) is 3.44. The van der Waals surface area contributed by atoms with Gasteiger partial charge in [0.25, 0.3) is 0 Å². The Kier molecular flexibility index (Phi) is 9.11. The van der Waals surface area contributed by atoms with Crippen molar-refractivity contribution < 1.29 is 9.59 Å². The van der Waals surface area contributed by atoms with Gasteiger partial charge >= 0.3 is 6.03 Å². The Morgan fingerprint density at radius 1 is 1.15 bits per heavy atom. The van der Waals surface area contributed by atoms with Crippen molar-refractivity contribution in [1.82, 2.24) is 10.2 Å². The van der Waals surface area contributed by atoms with Crippen molar-refractivity contribution in [2.75, 3.05) is 31.5 Å². The highest BCUT2D eigenvalue weighted by Gasteiger charge is 2.23. The standard InChI is InChI=1S/C21H34N4O2/c1-17-9-11-19(12-10-17)24-21(27)23-15-18-7-6-14-25(16-18)20(26)8-4-2-3-5-13-22/h9-12,18H,2-8,13-16,22H2,1H3,(H2,23,24,27). The van der Waals surface area contributed by atoms with E-state index in [4.69, 9.17) is 5.73 Å². The second-order valence-corrected chi connectivity index (χ2v) is 7.50. The quantitative estimate of drug-likeness (QED) is 0.580. The predicted octanol–water partition coefficient (Wildman–Crippen LogP) is 3.26. The zero-order valence-corrected chi connectivity index (χ0v) is 16.5. The Balaban J connectivity index is 1.67. The maximum Gasteiger partial charge on any atom is 0.319 e. The van der Waals surface area contributed by atoms with E-state index in [1.165, 1.54) is 0 Å². The molecule has 0 aliphatic carbocycles. The molecule has 0 bridgehead atoms. The second-order valence-electron chi connectivity index (χ2n) is 7.50. The van der Waals surface area contributed by atoms with Crippen molar-refractivity contribution in [3.05, 3.63) is 29.8 Å². The smallest absolute Gasteiger partial charge is 0.319 e. The fourth-order valence-electron chi connectivity index (χ4n) is 3.44. The average molecular weight is 375 g/mol. The number of piperidine rings is 1. The van der Waals surface area contributed by atoms with Crippen LogP contribution in [0.2, 0.25) is 0 Å². The van der Waals surface area contributed by atoms with Crippen LogP contribution >= 0.6 is 0 Å². The minimum absolute atomic E-state index is 0.192. The highest BCUT2D eigenvalue weighted by Crippen LogP contribution is 2.18. The summed E-state index contributed by atoms with van der Waals surface area (Å²) in [5.74, 6) is 0.570. The third-order valence-electron chi connectivity index (χ3n) is 5.08. The van der Waals surface area contributed by atoms with Gasteiger partial charge in [-0.3, -0.25) is 4.79 Å². The summed E-state index contributed by atoms with van der Waals surface area (Å²) in [5.41, 5.74) is 7.44. The second kappa shape index (κ2) is 11.6. The molecule has 4 N–H and O–H groups in total. The summed E-state index contributed by atoms with van der Waals surface area (Å²) in [4.78, 5) is 26.4. The summed E-state index contributed by atoms with van der Waals surface area (Å²) >= 11 is 0. The van der Waals surface area contributed by atoms with Crippen LogP contribution in [0.1, 0.15) is 50.5 Å². The molecular formula is C21H34N4O2. The summed E-state index contributed by atoms with van der Waals surface area (Å²) in [6.45, 7) is 4.92. The predicted molar refractivity (Wildman–Crippen MR) is 110 cm³/mol. The molecule has 1 fully saturated rings. The molecule has 0 spiro atoms. The van der Waals surface area contributed by atoms with E-state index in [0.717, 1.165) is 69.4 Å². The molecule has 1 aromatic carbocycles. The number of likely N-dealkylation sites (tertiary alicyclic amines) is 1. The molecule has 27 heavy (non-hydrogen) atoms. The van der Waals surface area contributed by atoms with Crippen molar-refractivity contribution in [1.29, 1.82) is 0 Å². The first-order valence-electron chi connectivity index (χ1n) is 10.2. The molecule has 6 heteroatoms. The van der Waals surface area contributed by atoms with Gasteiger partial charge in [-0.05, 0) is 57.2 Å². The number of hydrogen-bond acceptors (Lipinski definition) is 3. The van der Waals surface area contributed by atoms with E-state index in [9.17, 15) is 9.59 Å². The number of hydrogen-bond donors (Lipinski definition) is 3. The maximum absolute atomic E-state index is 12.4. The Hall–Kier alpha value is -2.08. The first kappa shape index (κ1) is 21.2. The van der Waals surface area contributed by atoms with Crippen molar-refractivity contribution in [2.24, 2.45) is 11.7 Å². The van der Waals surface area contributed by atoms with Gasteiger partial charge in [0.2, 0.25) is 5.91 Å². The van der Waals surface area contributed by atoms with E-state index >= 15 is 0 Å². The third kappa shape index (κ3) is 7.99. The highest BCUT2D eigenvalue weighted by molar-refractivity contribution is 5.89. The van der Waals surface area contributed by atoms with Crippen LogP contribution in [0.15, 0.2) is 24.3 Å². The van der Waals surface area contributed by atoms with Crippen LogP contribution in [0, 0.1) is 12.8 Å². The van der Waals surface area contributed by atoms with Crippen LogP contribution in [0.25, 0.3) is 0 Å². The molecule has 1 saturated heterocycles. The summed E-state index contributed by atoms with van der Waals surface area (Å²) in [6.07, 6.45) is 6.83. The van der Waals surface area contributed by atoms with Crippen LogP contribution < -0.4 is 16.4 Å². The number of rotatable bonds is 9. The number of nitrogens with one attached hydrogen (secondary N) is 2. The highest BCUT2D eigenvalue weighted by atomic mass is 16.2. The van der Waals surface area contributed by atoms with Gasteiger partial charge < -0.3 is 21.3 Å². The monoisotopic (exact) mass is 374 g/mol. The SMILES string of the molecule is Cc1ccc(NC(=O)NCC2CCCN(C(=O)CCCCCCN)C2)cc1. The number of unbranched alkanes of at least 4 members (excludes halogenated alkanes) is 3. The molecule has 1 aliphatic heterocycles. The Bertz CT molecular complexity index is 588. The van der Waals surface area contributed by atoms with Crippen molar-refractivity contribution >= 4 is 17.6 Å². The lowest BCUT2D eigenvalue weighted by atomic mass is 9.97. The summed E-state index contributed by atoms with van der Waals surface area (Å²) < 4.78 is 0. The molecule has 1 aliphatic rings. The number of nitrogens with two attached hydrogens (primary N) is 1. The van der Waals surface area contributed by atoms with Gasteiger partial charge in [-0.15, -0.1) is 0 Å². The van der Waals surface area contributed by atoms with Crippen LogP contribution in [0.3, 0.4) is 0 Å². The van der Waals surface area contributed by atoms with Gasteiger partial charge in [-0.25, -0.2) is 4.79 Å². The van der Waals surface area contributed by atoms with Gasteiger partial charge in [0.15, 0.2) is 0 Å². The molecule has 1 aromatic rings. The third-order valence-corrected chi connectivity index (χ3v) is 5.08. The largest absolute Gasteiger partial charge is 0.342 e. The minimum atomic E-state index is -0.192. The topological polar surface area (TPSA) is 87.5 Å². The lowest BCUT2D eigenvalue weighted by Crippen LogP contribution is -2.44. The van der Waals surface area contributed by atoms with Crippen molar-refractivity contribution in [3.63, 3.8) is 0 Å². The van der Waals surface area contributed by atoms with Gasteiger partial charge in [-0.1, -0.05) is 30.5 Å². The van der Waals surface area contributed by atoms with Gasteiger partial charge in [0.1, 0.15) is 0 Å². The first-order chi connectivity index (χ1) is 13.1.